The summed E-state index contributed by atoms with van der Waals surface area (Å²) in [4.78, 5) is 8.92. The molecule has 0 radical (unpaired) electrons. The lowest BCUT2D eigenvalue weighted by molar-refractivity contribution is 0.415. The molecule has 4 nitrogen and oxygen atoms in total. The van der Waals surface area contributed by atoms with Crippen LogP contribution in [0.4, 0.5) is 11.5 Å². The number of aromatic nitrogens is 2. The number of ether oxygens (including phenoxy) is 1. The highest BCUT2D eigenvalue weighted by molar-refractivity contribution is 6.33. The molecule has 0 bridgehead atoms. The molecule has 1 aromatic heterocycles. The first-order chi connectivity index (χ1) is 11.2. The highest BCUT2D eigenvalue weighted by Crippen LogP contribution is 2.27. The number of hydrogen-bond donors (Lipinski definition) is 1. The van der Waals surface area contributed by atoms with Crippen LogP contribution in [-0.2, 0) is 0 Å². The van der Waals surface area contributed by atoms with Crippen LogP contribution in [0, 0.1) is 6.92 Å². The summed E-state index contributed by atoms with van der Waals surface area (Å²) in [6.45, 7) is 1.87. The lowest BCUT2D eigenvalue weighted by atomic mass is 10.1. The van der Waals surface area contributed by atoms with Gasteiger partial charge in [0.1, 0.15) is 17.4 Å². The Balaban J connectivity index is 0.00000208. The van der Waals surface area contributed by atoms with Crippen LogP contribution in [0.1, 0.15) is 5.82 Å². The van der Waals surface area contributed by atoms with E-state index in [1.807, 2.05) is 61.5 Å². The fourth-order valence-electron chi connectivity index (χ4n) is 2.24. The minimum absolute atomic E-state index is 0. The van der Waals surface area contributed by atoms with Gasteiger partial charge < -0.3 is 10.1 Å². The quantitative estimate of drug-likeness (QED) is 0.686. The summed E-state index contributed by atoms with van der Waals surface area (Å²) in [5.74, 6) is 2.21. The summed E-state index contributed by atoms with van der Waals surface area (Å²) in [5, 5.41) is 3.89. The highest BCUT2D eigenvalue weighted by atomic mass is 35.5. The molecule has 1 N–H and O–H groups in total. The van der Waals surface area contributed by atoms with Crippen molar-refractivity contribution >= 4 is 35.5 Å². The SMILES string of the molecule is COc1ccc(-c2cc(Nc3ccccc3Cl)nc(C)n2)cc1.Cl. The second-order valence-electron chi connectivity index (χ2n) is 5.02. The number of anilines is 2. The third-order valence-corrected chi connectivity index (χ3v) is 3.69. The van der Waals surface area contributed by atoms with Gasteiger partial charge in [0.25, 0.3) is 0 Å². The molecule has 0 spiro atoms. The van der Waals surface area contributed by atoms with E-state index in [1.54, 1.807) is 7.11 Å². The van der Waals surface area contributed by atoms with E-state index in [2.05, 4.69) is 15.3 Å². The van der Waals surface area contributed by atoms with Crippen LogP contribution in [0.5, 0.6) is 5.75 Å². The third kappa shape index (κ3) is 4.16. The molecular formula is C18H17Cl2N3O. The molecule has 0 aliphatic carbocycles. The Morgan fingerprint density at radius 3 is 2.38 bits per heavy atom. The van der Waals surface area contributed by atoms with Crippen LogP contribution in [0.3, 0.4) is 0 Å². The van der Waals surface area contributed by atoms with Gasteiger partial charge in [0.05, 0.1) is 23.5 Å². The van der Waals surface area contributed by atoms with E-state index in [0.29, 0.717) is 16.7 Å². The monoisotopic (exact) mass is 361 g/mol. The zero-order valence-electron chi connectivity index (χ0n) is 13.3. The summed E-state index contributed by atoms with van der Waals surface area (Å²) in [5.41, 5.74) is 2.65. The zero-order valence-corrected chi connectivity index (χ0v) is 14.9. The number of nitrogens with one attached hydrogen (secondary N) is 1. The molecule has 0 unspecified atom stereocenters. The Bertz CT molecular complexity index is 823. The van der Waals surface area contributed by atoms with Gasteiger partial charge in [0.2, 0.25) is 0 Å². The van der Waals surface area contributed by atoms with Gasteiger partial charge in [-0.1, -0.05) is 23.7 Å². The van der Waals surface area contributed by atoms with Crippen LogP contribution in [0.15, 0.2) is 54.6 Å². The molecule has 3 rings (SSSR count). The first-order valence-electron chi connectivity index (χ1n) is 7.17. The van der Waals surface area contributed by atoms with Crippen molar-refractivity contribution in [3.05, 3.63) is 65.4 Å². The Hall–Kier alpha value is -2.30. The molecule has 24 heavy (non-hydrogen) atoms. The molecule has 6 heteroatoms. The molecular weight excluding hydrogens is 345 g/mol. The van der Waals surface area contributed by atoms with Crippen LogP contribution >= 0.6 is 24.0 Å². The minimum atomic E-state index is 0. The number of para-hydroxylation sites is 1. The van der Waals surface area contributed by atoms with Crippen molar-refractivity contribution in [3.63, 3.8) is 0 Å². The van der Waals surface area contributed by atoms with E-state index in [-0.39, 0.29) is 12.4 Å². The van der Waals surface area contributed by atoms with Gasteiger partial charge in [-0.25, -0.2) is 9.97 Å². The van der Waals surface area contributed by atoms with Crippen molar-refractivity contribution in [3.8, 4) is 17.0 Å². The molecule has 0 aliphatic rings. The van der Waals surface area contributed by atoms with Crippen molar-refractivity contribution in [2.45, 2.75) is 6.92 Å². The van der Waals surface area contributed by atoms with Crippen LogP contribution < -0.4 is 10.1 Å². The first kappa shape index (κ1) is 18.0. The van der Waals surface area contributed by atoms with Gasteiger partial charge in [0.15, 0.2) is 0 Å². The molecule has 1 heterocycles. The lowest BCUT2D eigenvalue weighted by Crippen LogP contribution is -1.99. The van der Waals surface area contributed by atoms with Crippen LogP contribution in [0.25, 0.3) is 11.3 Å². The number of methoxy groups -OCH3 is 1. The Morgan fingerprint density at radius 1 is 1.00 bits per heavy atom. The van der Waals surface area contributed by atoms with Gasteiger partial charge in [0, 0.05) is 11.6 Å². The molecule has 3 aromatic rings. The number of benzene rings is 2. The van der Waals surface area contributed by atoms with Crippen molar-refractivity contribution in [1.82, 2.24) is 9.97 Å². The van der Waals surface area contributed by atoms with E-state index in [4.69, 9.17) is 16.3 Å². The molecule has 0 saturated heterocycles. The van der Waals surface area contributed by atoms with Crippen LogP contribution in [0.2, 0.25) is 5.02 Å². The Morgan fingerprint density at radius 2 is 1.71 bits per heavy atom. The highest BCUT2D eigenvalue weighted by Gasteiger charge is 2.07. The van der Waals surface area contributed by atoms with Gasteiger partial charge in [-0.2, -0.15) is 0 Å². The topological polar surface area (TPSA) is 47.0 Å². The van der Waals surface area contributed by atoms with Crippen molar-refractivity contribution in [2.75, 3.05) is 12.4 Å². The summed E-state index contributed by atoms with van der Waals surface area (Å²) in [6.07, 6.45) is 0. The van der Waals surface area contributed by atoms with Crippen molar-refractivity contribution in [1.29, 1.82) is 0 Å². The van der Waals surface area contributed by atoms with Crippen molar-refractivity contribution < 1.29 is 4.74 Å². The number of halogens is 2. The average molecular weight is 362 g/mol. The molecule has 0 amide bonds. The van der Waals surface area contributed by atoms with E-state index in [1.165, 1.54) is 0 Å². The molecule has 124 valence electrons. The number of aryl methyl sites for hydroxylation is 1. The second-order valence-corrected chi connectivity index (χ2v) is 5.43. The van der Waals surface area contributed by atoms with E-state index < -0.39 is 0 Å². The average Bonchev–Trinajstić information content (AvgIpc) is 2.56. The molecule has 0 saturated carbocycles. The van der Waals surface area contributed by atoms with Crippen LogP contribution in [-0.4, -0.2) is 17.1 Å². The Labute approximate surface area is 152 Å². The number of nitrogens with zero attached hydrogens (tertiary/aromatic N) is 2. The first-order valence-corrected chi connectivity index (χ1v) is 7.55. The van der Waals surface area contributed by atoms with E-state index in [9.17, 15) is 0 Å². The van der Waals surface area contributed by atoms with Gasteiger partial charge in [-0.15, -0.1) is 12.4 Å². The second kappa shape index (κ2) is 7.99. The maximum Gasteiger partial charge on any atom is 0.134 e. The summed E-state index contributed by atoms with van der Waals surface area (Å²) < 4.78 is 5.18. The fourth-order valence-corrected chi connectivity index (χ4v) is 2.42. The number of rotatable bonds is 4. The third-order valence-electron chi connectivity index (χ3n) is 3.36. The normalized spacial score (nSPS) is 9.96. The zero-order chi connectivity index (χ0) is 16.2. The molecule has 0 aliphatic heterocycles. The maximum absolute atomic E-state index is 6.18. The van der Waals surface area contributed by atoms with Gasteiger partial charge in [-0.3, -0.25) is 0 Å². The molecule has 0 fully saturated rings. The minimum Gasteiger partial charge on any atom is -0.497 e. The standard InChI is InChI=1S/C18H16ClN3O.ClH/c1-12-20-17(13-7-9-14(23-2)10-8-13)11-18(21-12)22-16-6-4-3-5-15(16)19;/h3-11H,1-2H3,(H,20,21,22);1H. The molecule has 0 atom stereocenters. The summed E-state index contributed by atoms with van der Waals surface area (Å²) in [7, 11) is 1.65. The van der Waals surface area contributed by atoms with Gasteiger partial charge in [-0.05, 0) is 43.3 Å². The summed E-state index contributed by atoms with van der Waals surface area (Å²) in [6, 6.07) is 17.2. The summed E-state index contributed by atoms with van der Waals surface area (Å²) >= 11 is 6.18. The predicted octanol–water partition coefficient (Wildman–Crippen LogP) is 5.28. The largest absolute Gasteiger partial charge is 0.497 e. The van der Waals surface area contributed by atoms with E-state index in [0.717, 1.165) is 22.7 Å². The maximum atomic E-state index is 6.18. The smallest absolute Gasteiger partial charge is 0.134 e. The predicted molar refractivity (Wildman–Crippen MR) is 101 cm³/mol. The van der Waals surface area contributed by atoms with Gasteiger partial charge >= 0.3 is 0 Å². The molecule has 2 aromatic carbocycles. The van der Waals surface area contributed by atoms with Crippen molar-refractivity contribution in [2.24, 2.45) is 0 Å². The Kier molecular flexibility index (Phi) is 6.01. The van der Waals surface area contributed by atoms with E-state index >= 15 is 0 Å². The number of hydrogen-bond acceptors (Lipinski definition) is 4. The fraction of sp³-hybridized carbons (Fsp3) is 0.111. The lowest BCUT2D eigenvalue weighted by Gasteiger charge is -2.10.